The molecule has 256 valence electrons. The zero-order valence-electron chi connectivity index (χ0n) is 28.1. The Labute approximate surface area is 298 Å². The summed E-state index contributed by atoms with van der Waals surface area (Å²) in [6.45, 7) is 9.50. The van der Waals surface area contributed by atoms with Gasteiger partial charge in [0.1, 0.15) is 0 Å². The van der Waals surface area contributed by atoms with Gasteiger partial charge in [0.15, 0.2) is 5.78 Å². The number of hydrogen-bond donors (Lipinski definition) is 1. The van der Waals surface area contributed by atoms with E-state index in [0.29, 0.717) is 28.8 Å². The average molecular weight is 706 g/mol. The zero-order chi connectivity index (χ0) is 32.8. The van der Waals surface area contributed by atoms with E-state index in [1.54, 1.807) is 11.3 Å². The second-order valence-electron chi connectivity index (χ2n) is 14.7. The number of fused-ring (bicyclic) bond motifs is 6. The van der Waals surface area contributed by atoms with Crippen molar-refractivity contribution in [2.75, 3.05) is 26.2 Å². The zero-order valence-corrected chi connectivity index (χ0v) is 30.6. The van der Waals surface area contributed by atoms with E-state index < -0.39 is 0 Å². The molecule has 8 heterocycles. The van der Waals surface area contributed by atoms with Gasteiger partial charge in [-0.25, -0.2) is 0 Å². The van der Waals surface area contributed by atoms with Gasteiger partial charge in [0.2, 0.25) is 0 Å². The summed E-state index contributed by atoms with van der Waals surface area (Å²) in [6, 6.07) is 15.3. The van der Waals surface area contributed by atoms with Crippen molar-refractivity contribution in [1.29, 1.82) is 0 Å². The van der Waals surface area contributed by atoms with Crippen LogP contribution in [0.5, 0.6) is 0 Å². The molecule has 0 amide bonds. The van der Waals surface area contributed by atoms with Crippen molar-refractivity contribution in [3.63, 3.8) is 0 Å². The van der Waals surface area contributed by atoms with Gasteiger partial charge in [0.05, 0.1) is 0 Å². The van der Waals surface area contributed by atoms with Crippen LogP contribution in [0, 0.1) is 31.6 Å². The lowest BCUT2D eigenvalue weighted by Gasteiger charge is -2.52. The number of piperidine rings is 6. The molecule has 4 aromatic rings. The normalized spacial score (nSPS) is 29.0. The maximum absolute atomic E-state index is 13.0. The van der Waals surface area contributed by atoms with E-state index in [1.807, 2.05) is 17.4 Å². The first-order valence-corrected chi connectivity index (χ1v) is 19.2. The molecule has 8 aliphatic rings. The predicted octanol–water partition coefficient (Wildman–Crippen LogP) is 8.28. The first-order chi connectivity index (χ1) is 22.8. The SMILES string of the molecule is Cc1csc2ccc(C(=O)C[C@@H]3C4CCN(CC4)C34CC4)cc12.Cc1csc2ccccc12.Cl.N[C@@H]1C2CCN(CC2)C12CC2.O=C=O. The minimum atomic E-state index is 0. The molecule has 0 radical (unpaired) electrons. The van der Waals surface area contributed by atoms with Crippen molar-refractivity contribution in [3.8, 4) is 0 Å². The van der Waals surface area contributed by atoms with Gasteiger partial charge in [-0.1, -0.05) is 18.2 Å². The van der Waals surface area contributed by atoms with E-state index in [-0.39, 0.29) is 18.6 Å². The van der Waals surface area contributed by atoms with Crippen LogP contribution < -0.4 is 5.73 Å². The Bertz CT molecular complexity index is 1770. The second-order valence-corrected chi connectivity index (χ2v) is 16.6. The fourth-order valence-electron chi connectivity index (χ4n) is 9.48. The molecule has 12 rings (SSSR count). The highest BCUT2D eigenvalue weighted by Gasteiger charge is 2.60. The van der Waals surface area contributed by atoms with Gasteiger partial charge >= 0.3 is 6.15 Å². The Morgan fingerprint density at radius 3 is 1.85 bits per heavy atom. The molecule has 2 N–H and O–H groups in total. The third kappa shape index (κ3) is 6.58. The number of ketones is 1. The summed E-state index contributed by atoms with van der Waals surface area (Å²) in [6.07, 6.45) is 11.8. The molecule has 2 atom stereocenters. The van der Waals surface area contributed by atoms with E-state index in [9.17, 15) is 4.79 Å². The lowest BCUT2D eigenvalue weighted by Crippen LogP contribution is -2.63. The molecular weight excluding hydrogens is 658 g/mol. The number of carbonyl (C=O) groups excluding carboxylic acids is 3. The molecule has 0 unspecified atom stereocenters. The molecule has 9 heteroatoms. The van der Waals surface area contributed by atoms with E-state index in [1.165, 1.54) is 109 Å². The van der Waals surface area contributed by atoms with Crippen molar-refractivity contribution in [1.82, 2.24) is 9.80 Å². The highest BCUT2D eigenvalue weighted by Crippen LogP contribution is 2.58. The molecule has 6 nitrogen and oxygen atoms in total. The van der Waals surface area contributed by atoms with Crippen LogP contribution in [0.15, 0.2) is 53.2 Å². The minimum absolute atomic E-state index is 0. The molecule has 6 aliphatic heterocycles. The Morgan fingerprint density at radius 2 is 1.31 bits per heavy atom. The van der Waals surface area contributed by atoms with Gasteiger partial charge in [0.25, 0.3) is 0 Å². The maximum Gasteiger partial charge on any atom is 0.373 e. The van der Waals surface area contributed by atoms with Crippen LogP contribution in [0.1, 0.15) is 79.3 Å². The monoisotopic (exact) mass is 705 g/mol. The van der Waals surface area contributed by atoms with Gasteiger partial charge in [0, 0.05) is 38.5 Å². The summed E-state index contributed by atoms with van der Waals surface area (Å²) in [5, 5.41) is 7.04. The van der Waals surface area contributed by atoms with Crippen LogP contribution in [-0.4, -0.2) is 65.0 Å². The van der Waals surface area contributed by atoms with Gasteiger partial charge in [-0.2, -0.15) is 9.59 Å². The molecule has 2 aliphatic carbocycles. The van der Waals surface area contributed by atoms with Gasteiger partial charge < -0.3 is 5.73 Å². The topological polar surface area (TPSA) is 83.7 Å². The molecule has 2 spiro atoms. The van der Waals surface area contributed by atoms with E-state index in [2.05, 4.69) is 70.8 Å². The van der Waals surface area contributed by atoms with Crippen LogP contribution in [-0.2, 0) is 9.59 Å². The number of carbonyl (C=O) groups is 1. The van der Waals surface area contributed by atoms with Gasteiger partial charge in [-0.05, 0) is 166 Å². The Balaban J connectivity index is 0.000000134. The quantitative estimate of drug-likeness (QED) is 0.216. The van der Waals surface area contributed by atoms with E-state index in [0.717, 1.165) is 23.8 Å². The van der Waals surface area contributed by atoms with Gasteiger partial charge in [-0.15, -0.1) is 35.1 Å². The summed E-state index contributed by atoms with van der Waals surface area (Å²) in [4.78, 5) is 34.6. The molecule has 2 saturated carbocycles. The first kappa shape index (κ1) is 35.4. The van der Waals surface area contributed by atoms with Crippen LogP contribution >= 0.6 is 35.1 Å². The molecule has 48 heavy (non-hydrogen) atoms. The minimum Gasteiger partial charge on any atom is -0.326 e. The summed E-state index contributed by atoms with van der Waals surface area (Å²) in [5.74, 6) is 2.62. The number of nitrogens with zero attached hydrogens (tertiary/aromatic N) is 2. The number of Topliss-reactive ketones (excluding diaryl/α,β-unsaturated/α-hetero) is 1. The third-order valence-electron chi connectivity index (χ3n) is 12.4. The van der Waals surface area contributed by atoms with E-state index >= 15 is 0 Å². The van der Waals surface area contributed by atoms with Crippen molar-refractivity contribution in [3.05, 3.63) is 69.9 Å². The van der Waals surface area contributed by atoms with E-state index in [4.69, 9.17) is 15.3 Å². The van der Waals surface area contributed by atoms with Gasteiger partial charge in [-0.3, -0.25) is 14.6 Å². The fourth-order valence-corrected chi connectivity index (χ4v) is 11.3. The molecule has 2 aromatic heterocycles. The number of aryl methyl sites for hydroxylation is 2. The Morgan fingerprint density at radius 1 is 0.792 bits per heavy atom. The second kappa shape index (κ2) is 14.4. The number of hydrogen-bond acceptors (Lipinski definition) is 8. The van der Waals surface area contributed by atoms with Crippen molar-refractivity contribution in [2.24, 2.45) is 23.5 Å². The van der Waals surface area contributed by atoms with Crippen molar-refractivity contribution < 1.29 is 14.4 Å². The van der Waals surface area contributed by atoms with Crippen LogP contribution in [0.3, 0.4) is 0 Å². The first-order valence-electron chi connectivity index (χ1n) is 17.5. The van der Waals surface area contributed by atoms with Crippen molar-refractivity contribution >= 4 is 67.2 Å². The highest BCUT2D eigenvalue weighted by molar-refractivity contribution is 7.17. The molecule has 8 fully saturated rings. The smallest absolute Gasteiger partial charge is 0.326 e. The summed E-state index contributed by atoms with van der Waals surface area (Å²) < 4.78 is 2.68. The number of halogens is 1. The standard InChI is InChI=1S/C20H23NOS.C9H16N2.C9H8S.CO2.ClH/c1-13-12-23-19-3-2-15(10-16(13)19)18(22)11-17-14-4-8-21(9-5-14)20(17)6-7-20;10-8-7-1-5-11(6-2-7)9(8)3-4-9;1-7-6-10-9-5-3-2-4-8(7)9;2-1-3;/h2-3,10,12,14,17H,4-9,11H2,1H3;7-8H,1-6,10H2;2-6H,1H3;;1H/t17-;8-;;;/m11.../s1. The molecule has 4 bridgehead atoms. The largest absolute Gasteiger partial charge is 0.373 e. The summed E-state index contributed by atoms with van der Waals surface area (Å²) >= 11 is 3.59. The Kier molecular flexibility index (Phi) is 10.6. The number of thiophene rings is 2. The summed E-state index contributed by atoms with van der Waals surface area (Å²) in [7, 11) is 0. The maximum atomic E-state index is 13.0. The number of benzene rings is 2. The molecule has 2 aromatic carbocycles. The number of rotatable bonds is 3. The molecule has 6 saturated heterocycles. The Hall–Kier alpha value is -2.42. The number of nitrogens with two attached hydrogens (primary N) is 1. The summed E-state index contributed by atoms with van der Waals surface area (Å²) in [5.41, 5.74) is 10.8. The molecular formula is C39H48ClN3O3S2. The van der Waals surface area contributed by atoms with Crippen LogP contribution in [0.25, 0.3) is 20.2 Å². The average Bonchev–Trinajstić information content (AvgIpc) is 4.01. The van der Waals surface area contributed by atoms with Crippen LogP contribution in [0.2, 0.25) is 0 Å². The third-order valence-corrected chi connectivity index (χ3v) is 14.6. The highest BCUT2D eigenvalue weighted by atomic mass is 35.5. The lowest BCUT2D eigenvalue weighted by atomic mass is 9.69. The fraction of sp³-hybridized carbons (Fsp3) is 0.538. The van der Waals surface area contributed by atoms with Crippen molar-refractivity contribution in [2.45, 2.75) is 88.8 Å². The lowest BCUT2D eigenvalue weighted by molar-refractivity contribution is -0.191. The van der Waals surface area contributed by atoms with Crippen LogP contribution in [0.4, 0.5) is 0 Å². The predicted molar refractivity (Wildman–Crippen MR) is 198 cm³/mol.